The van der Waals surface area contributed by atoms with E-state index < -0.39 is 0 Å². The van der Waals surface area contributed by atoms with Gasteiger partial charge in [-0.25, -0.2) is 0 Å². The molecule has 2 aliphatic rings. The van der Waals surface area contributed by atoms with Crippen LogP contribution in [0.15, 0.2) is 65.6 Å². The van der Waals surface area contributed by atoms with Gasteiger partial charge in [0.25, 0.3) is 0 Å². The molecular weight excluding hydrogens is 374 g/mol. The van der Waals surface area contributed by atoms with Gasteiger partial charge in [-0.2, -0.15) is 14.9 Å². The first-order chi connectivity index (χ1) is 14.5. The quantitative estimate of drug-likeness (QED) is 0.462. The average Bonchev–Trinajstić information content (AvgIpc) is 3.08. The van der Waals surface area contributed by atoms with Crippen LogP contribution in [0.4, 0.5) is 0 Å². The van der Waals surface area contributed by atoms with Crippen LogP contribution < -0.4 is 5.56 Å². The smallest absolute Gasteiger partial charge is 0.265 e. The van der Waals surface area contributed by atoms with Crippen molar-refractivity contribution in [3.63, 3.8) is 0 Å². The summed E-state index contributed by atoms with van der Waals surface area (Å²) in [6, 6.07) is 17.8. The van der Waals surface area contributed by atoms with Gasteiger partial charge in [0.1, 0.15) is 5.69 Å². The van der Waals surface area contributed by atoms with Gasteiger partial charge in [0.15, 0.2) is 5.69 Å². The van der Waals surface area contributed by atoms with Crippen LogP contribution in [-0.4, -0.2) is 24.5 Å². The highest BCUT2D eigenvalue weighted by Gasteiger charge is 2.23. The molecular formula is C24H21N5O. The van der Waals surface area contributed by atoms with Gasteiger partial charge in [0.2, 0.25) is 0 Å². The van der Waals surface area contributed by atoms with E-state index in [1.165, 1.54) is 4.68 Å². The van der Waals surface area contributed by atoms with Crippen LogP contribution in [0.25, 0.3) is 28.0 Å². The lowest BCUT2D eigenvalue weighted by Gasteiger charge is -2.12. The molecule has 0 fully saturated rings. The molecule has 0 atom stereocenters. The Kier molecular flexibility index (Phi) is 4.20. The van der Waals surface area contributed by atoms with Gasteiger partial charge in [-0.1, -0.05) is 36.4 Å². The van der Waals surface area contributed by atoms with E-state index in [4.69, 9.17) is 5.10 Å². The topological polar surface area (TPSA) is 65.6 Å². The number of hydrogen-bond donors (Lipinski definition) is 0. The van der Waals surface area contributed by atoms with Gasteiger partial charge >= 0.3 is 5.56 Å². The number of para-hydroxylation sites is 1. The van der Waals surface area contributed by atoms with Crippen molar-refractivity contribution in [2.45, 2.75) is 27.3 Å². The molecule has 0 unspecified atom stereocenters. The molecule has 5 rings (SSSR count). The lowest BCUT2D eigenvalue weighted by Crippen LogP contribution is -2.18. The highest BCUT2D eigenvalue weighted by molar-refractivity contribution is 5.92. The molecule has 0 amide bonds. The largest absolute Gasteiger partial charge is 0.301 e. The predicted molar refractivity (Wildman–Crippen MR) is 117 cm³/mol. The molecule has 2 aliphatic heterocycles. The third kappa shape index (κ3) is 2.88. The first kappa shape index (κ1) is 18.2. The molecule has 3 heterocycles. The molecule has 0 spiro atoms. The number of aromatic nitrogens is 5. The van der Waals surface area contributed by atoms with Gasteiger partial charge < -0.3 is 0 Å². The SMILES string of the molecule is Cc1ccc(Cn2nc3c(=O)n(-c4cccc(C)c4C)nc-3c3ccccc32)cn1. The number of fused-ring (bicyclic) bond motifs is 3. The molecule has 0 saturated carbocycles. The highest BCUT2D eigenvalue weighted by Crippen LogP contribution is 2.27. The molecule has 0 aliphatic carbocycles. The van der Waals surface area contributed by atoms with Crippen LogP contribution in [0.2, 0.25) is 0 Å². The molecule has 0 N–H and O–H groups in total. The fourth-order valence-electron chi connectivity index (χ4n) is 3.75. The minimum absolute atomic E-state index is 0.208. The van der Waals surface area contributed by atoms with Gasteiger partial charge in [-0.15, -0.1) is 0 Å². The summed E-state index contributed by atoms with van der Waals surface area (Å²) in [7, 11) is 0. The highest BCUT2D eigenvalue weighted by atomic mass is 16.1. The zero-order valence-electron chi connectivity index (χ0n) is 17.1. The molecule has 0 bridgehead atoms. The Hall–Kier alpha value is -3.80. The average molecular weight is 395 g/mol. The normalized spacial score (nSPS) is 11.4. The maximum Gasteiger partial charge on any atom is 0.301 e. The molecule has 30 heavy (non-hydrogen) atoms. The Morgan fingerprint density at radius 2 is 1.70 bits per heavy atom. The van der Waals surface area contributed by atoms with E-state index >= 15 is 0 Å². The maximum absolute atomic E-state index is 13.3. The van der Waals surface area contributed by atoms with Crippen molar-refractivity contribution >= 4 is 10.9 Å². The van der Waals surface area contributed by atoms with Crippen LogP contribution in [0.3, 0.4) is 0 Å². The Morgan fingerprint density at radius 3 is 2.50 bits per heavy atom. The molecule has 1 aromatic heterocycles. The van der Waals surface area contributed by atoms with Crippen molar-refractivity contribution in [1.29, 1.82) is 0 Å². The van der Waals surface area contributed by atoms with Crippen LogP contribution in [-0.2, 0) is 6.54 Å². The van der Waals surface area contributed by atoms with Crippen molar-refractivity contribution in [1.82, 2.24) is 24.5 Å². The van der Waals surface area contributed by atoms with E-state index in [2.05, 4.69) is 10.1 Å². The second-order valence-corrected chi connectivity index (χ2v) is 7.62. The fourth-order valence-corrected chi connectivity index (χ4v) is 3.75. The van der Waals surface area contributed by atoms with Crippen molar-refractivity contribution in [2.75, 3.05) is 0 Å². The van der Waals surface area contributed by atoms with Crippen LogP contribution >= 0.6 is 0 Å². The number of pyridine rings is 1. The van der Waals surface area contributed by atoms with Crippen molar-refractivity contribution < 1.29 is 0 Å². The van der Waals surface area contributed by atoms with Crippen molar-refractivity contribution in [3.05, 3.63) is 93.5 Å². The lowest BCUT2D eigenvalue weighted by molar-refractivity contribution is 0.696. The number of rotatable bonds is 3. The number of benzene rings is 2. The fraction of sp³-hybridized carbons (Fsp3) is 0.167. The van der Waals surface area contributed by atoms with E-state index in [9.17, 15) is 4.79 Å². The molecule has 148 valence electrons. The van der Waals surface area contributed by atoms with E-state index in [-0.39, 0.29) is 5.56 Å². The van der Waals surface area contributed by atoms with Crippen molar-refractivity contribution in [3.8, 4) is 17.1 Å². The van der Waals surface area contributed by atoms with E-state index in [0.717, 1.165) is 39.0 Å². The Labute approximate surface area is 173 Å². The van der Waals surface area contributed by atoms with Crippen LogP contribution in [0, 0.1) is 20.8 Å². The summed E-state index contributed by atoms with van der Waals surface area (Å²) in [6.45, 7) is 6.52. The molecule has 0 saturated heterocycles. The number of aryl methyl sites for hydroxylation is 2. The van der Waals surface area contributed by atoms with E-state index in [1.807, 2.05) is 86.2 Å². The van der Waals surface area contributed by atoms with Crippen molar-refractivity contribution in [2.24, 2.45) is 0 Å². The predicted octanol–water partition coefficient (Wildman–Crippen LogP) is 4.06. The number of hydrogen-bond acceptors (Lipinski definition) is 4. The van der Waals surface area contributed by atoms with Gasteiger partial charge in [0, 0.05) is 17.3 Å². The van der Waals surface area contributed by atoms with Gasteiger partial charge in [-0.05, 0) is 55.7 Å². The Bertz CT molecular complexity index is 1410. The molecule has 2 aromatic carbocycles. The summed E-state index contributed by atoms with van der Waals surface area (Å²) >= 11 is 0. The lowest BCUT2D eigenvalue weighted by atomic mass is 10.1. The van der Waals surface area contributed by atoms with Crippen LogP contribution in [0.1, 0.15) is 22.4 Å². The summed E-state index contributed by atoms with van der Waals surface area (Å²) < 4.78 is 3.34. The third-order valence-corrected chi connectivity index (χ3v) is 5.59. The molecule has 3 aromatic rings. The molecule has 6 nitrogen and oxygen atoms in total. The first-order valence-electron chi connectivity index (χ1n) is 9.89. The standard InChI is InChI=1S/C24H21N5O/c1-15-7-6-10-20(17(15)3)29-24(30)23-22(27-29)19-8-4-5-9-21(19)28(26-23)14-18-12-11-16(2)25-13-18/h4-13H,14H2,1-3H3. The van der Waals surface area contributed by atoms with E-state index in [1.54, 1.807) is 0 Å². The Morgan fingerprint density at radius 1 is 0.867 bits per heavy atom. The number of nitrogens with zero attached hydrogens (tertiary/aromatic N) is 5. The second kappa shape index (κ2) is 6.91. The second-order valence-electron chi connectivity index (χ2n) is 7.62. The maximum atomic E-state index is 13.3. The summed E-state index contributed by atoms with van der Waals surface area (Å²) in [6.07, 6.45) is 1.85. The zero-order valence-corrected chi connectivity index (χ0v) is 17.1. The zero-order chi connectivity index (χ0) is 20.8. The minimum atomic E-state index is -0.208. The van der Waals surface area contributed by atoms with Gasteiger partial charge in [-0.3, -0.25) is 14.5 Å². The summed E-state index contributed by atoms with van der Waals surface area (Å²) in [5.74, 6) is 0. The Balaban J connectivity index is 1.76. The monoisotopic (exact) mass is 395 g/mol. The minimum Gasteiger partial charge on any atom is -0.265 e. The summed E-state index contributed by atoms with van der Waals surface area (Å²) in [5.41, 5.74) is 6.64. The molecule has 0 radical (unpaired) electrons. The molecule has 6 heteroatoms. The summed E-state index contributed by atoms with van der Waals surface area (Å²) in [5, 5.41) is 10.3. The van der Waals surface area contributed by atoms with Crippen LogP contribution in [0.5, 0.6) is 0 Å². The van der Waals surface area contributed by atoms with E-state index in [0.29, 0.717) is 17.9 Å². The first-order valence-corrected chi connectivity index (χ1v) is 9.89. The summed E-state index contributed by atoms with van der Waals surface area (Å²) in [4.78, 5) is 17.7. The third-order valence-electron chi connectivity index (χ3n) is 5.59. The van der Waals surface area contributed by atoms with Gasteiger partial charge in [0.05, 0.1) is 17.7 Å².